The predicted octanol–water partition coefficient (Wildman–Crippen LogP) is 4.79. The molecule has 5 heteroatoms. The topological polar surface area (TPSA) is 53.2 Å². The van der Waals surface area contributed by atoms with Crippen LogP contribution in [0.4, 0.5) is 21.9 Å². The fraction of sp³-hybridized carbons (Fsp3) is 0.235. The number of carbonyl (C=O) groups excluding carboxylic acids is 1. The first-order valence-corrected chi connectivity index (χ1v) is 8.10. The molecule has 1 saturated carbocycles. The van der Waals surface area contributed by atoms with Gasteiger partial charge in [-0.1, -0.05) is 6.07 Å². The molecule has 114 valence electrons. The molecule has 22 heavy (non-hydrogen) atoms. The minimum atomic E-state index is -0.135. The third-order valence-corrected chi connectivity index (χ3v) is 4.12. The van der Waals surface area contributed by atoms with E-state index < -0.39 is 0 Å². The molecule has 1 fully saturated rings. The van der Waals surface area contributed by atoms with E-state index in [1.807, 2.05) is 30.3 Å². The van der Waals surface area contributed by atoms with Gasteiger partial charge in [0, 0.05) is 21.9 Å². The number of rotatable bonds is 4. The molecule has 0 aromatic heterocycles. The Hall–Kier alpha value is -2.01. The summed E-state index contributed by atoms with van der Waals surface area (Å²) in [6.45, 7) is 2.06. The van der Waals surface area contributed by atoms with Crippen LogP contribution in [0.1, 0.15) is 18.4 Å². The number of nitrogens with one attached hydrogen (secondary N) is 3. The molecular formula is C17H18BrN3O. The molecule has 0 aliphatic heterocycles. The maximum Gasteiger partial charge on any atom is 0.319 e. The lowest BCUT2D eigenvalue weighted by Gasteiger charge is -2.11. The second kappa shape index (κ2) is 6.40. The number of hydrogen-bond acceptors (Lipinski definition) is 2. The van der Waals surface area contributed by atoms with Gasteiger partial charge in [-0.25, -0.2) is 4.79 Å². The average molecular weight is 360 g/mol. The number of hydrogen-bond donors (Lipinski definition) is 3. The van der Waals surface area contributed by atoms with E-state index in [9.17, 15) is 4.79 Å². The molecule has 4 nitrogen and oxygen atoms in total. The molecule has 3 N–H and O–H groups in total. The second-order valence-electron chi connectivity index (χ2n) is 5.56. The van der Waals surface area contributed by atoms with Gasteiger partial charge in [-0.05, 0) is 77.7 Å². The van der Waals surface area contributed by atoms with Crippen LogP contribution in [0, 0.1) is 6.92 Å². The molecule has 1 aliphatic rings. The van der Waals surface area contributed by atoms with E-state index in [0.29, 0.717) is 6.04 Å². The summed E-state index contributed by atoms with van der Waals surface area (Å²) in [5.74, 6) is 0. The van der Waals surface area contributed by atoms with Crippen LogP contribution in [0.5, 0.6) is 0 Å². The van der Waals surface area contributed by atoms with Crippen LogP contribution >= 0.6 is 15.9 Å². The standard InChI is InChI=1S/C17H18BrN3O/c1-11-2-9-16(15(18)10-11)19-12-3-5-13(6-4-12)20-17(22)21-14-7-8-14/h2-6,9-10,14,19H,7-8H2,1H3,(H2,20,21,22). The minimum Gasteiger partial charge on any atom is -0.355 e. The summed E-state index contributed by atoms with van der Waals surface area (Å²) in [6, 6.07) is 14.1. The SMILES string of the molecule is Cc1ccc(Nc2ccc(NC(=O)NC3CC3)cc2)c(Br)c1. The molecule has 0 bridgehead atoms. The van der Waals surface area contributed by atoms with E-state index in [2.05, 4.69) is 50.9 Å². The number of benzene rings is 2. The van der Waals surface area contributed by atoms with E-state index in [-0.39, 0.29) is 6.03 Å². The Labute approximate surface area is 138 Å². The van der Waals surface area contributed by atoms with E-state index >= 15 is 0 Å². The van der Waals surface area contributed by atoms with E-state index in [1.54, 1.807) is 0 Å². The van der Waals surface area contributed by atoms with Gasteiger partial charge >= 0.3 is 6.03 Å². The molecular weight excluding hydrogens is 342 g/mol. The van der Waals surface area contributed by atoms with Gasteiger partial charge in [0.25, 0.3) is 0 Å². The third-order valence-electron chi connectivity index (χ3n) is 3.46. The highest BCUT2D eigenvalue weighted by Crippen LogP contribution is 2.27. The minimum absolute atomic E-state index is 0.135. The molecule has 0 radical (unpaired) electrons. The lowest BCUT2D eigenvalue weighted by Crippen LogP contribution is -2.30. The van der Waals surface area contributed by atoms with Gasteiger partial charge in [-0.3, -0.25) is 0 Å². The van der Waals surface area contributed by atoms with Crippen molar-refractivity contribution in [2.75, 3.05) is 10.6 Å². The van der Waals surface area contributed by atoms with Gasteiger partial charge in [0.05, 0.1) is 5.69 Å². The van der Waals surface area contributed by atoms with Crippen LogP contribution < -0.4 is 16.0 Å². The Bertz CT molecular complexity index is 681. The normalized spacial score (nSPS) is 13.5. The quantitative estimate of drug-likeness (QED) is 0.735. The first-order valence-electron chi connectivity index (χ1n) is 7.31. The first kappa shape index (κ1) is 14.9. The van der Waals surface area contributed by atoms with Crippen molar-refractivity contribution < 1.29 is 4.79 Å². The second-order valence-corrected chi connectivity index (χ2v) is 6.41. The summed E-state index contributed by atoms with van der Waals surface area (Å²) in [6.07, 6.45) is 2.17. The smallest absolute Gasteiger partial charge is 0.319 e. The van der Waals surface area contributed by atoms with Crippen molar-refractivity contribution in [2.24, 2.45) is 0 Å². The zero-order chi connectivity index (χ0) is 15.5. The fourth-order valence-corrected chi connectivity index (χ4v) is 2.69. The number of anilines is 3. The monoisotopic (exact) mass is 359 g/mol. The molecule has 3 rings (SSSR count). The predicted molar refractivity (Wildman–Crippen MR) is 93.8 cm³/mol. The van der Waals surface area contributed by atoms with Crippen molar-refractivity contribution in [3.05, 3.63) is 52.5 Å². The van der Waals surface area contributed by atoms with Crippen molar-refractivity contribution in [1.82, 2.24) is 5.32 Å². The number of urea groups is 1. The molecule has 2 aromatic carbocycles. The molecule has 2 aromatic rings. The van der Waals surface area contributed by atoms with Gasteiger partial charge in [0.2, 0.25) is 0 Å². The molecule has 0 heterocycles. The van der Waals surface area contributed by atoms with Crippen molar-refractivity contribution in [3.63, 3.8) is 0 Å². The zero-order valence-electron chi connectivity index (χ0n) is 12.3. The van der Waals surface area contributed by atoms with Gasteiger partial charge in [0.15, 0.2) is 0 Å². The molecule has 0 unspecified atom stereocenters. The highest BCUT2D eigenvalue weighted by Gasteiger charge is 2.23. The van der Waals surface area contributed by atoms with Crippen molar-refractivity contribution in [1.29, 1.82) is 0 Å². The average Bonchev–Trinajstić information content (AvgIpc) is 3.28. The lowest BCUT2D eigenvalue weighted by atomic mass is 10.2. The molecule has 2 amide bonds. The molecule has 0 atom stereocenters. The largest absolute Gasteiger partial charge is 0.355 e. The summed E-state index contributed by atoms with van der Waals surface area (Å²) in [5, 5.41) is 9.08. The summed E-state index contributed by atoms with van der Waals surface area (Å²) in [4.78, 5) is 11.7. The van der Waals surface area contributed by atoms with Crippen LogP contribution in [-0.4, -0.2) is 12.1 Å². The molecule has 1 aliphatic carbocycles. The number of aryl methyl sites for hydroxylation is 1. The summed E-state index contributed by atoms with van der Waals surface area (Å²) < 4.78 is 1.03. The molecule has 0 spiro atoms. The highest BCUT2D eigenvalue weighted by atomic mass is 79.9. The summed E-state index contributed by atoms with van der Waals surface area (Å²) in [5.41, 5.74) is 3.97. The number of halogens is 1. The Morgan fingerprint density at radius 2 is 1.77 bits per heavy atom. The summed E-state index contributed by atoms with van der Waals surface area (Å²) in [7, 11) is 0. The van der Waals surface area contributed by atoms with Crippen LogP contribution in [0.2, 0.25) is 0 Å². The van der Waals surface area contributed by atoms with E-state index in [1.165, 1.54) is 5.56 Å². The molecule has 0 saturated heterocycles. The van der Waals surface area contributed by atoms with Crippen LogP contribution in [0.15, 0.2) is 46.9 Å². The van der Waals surface area contributed by atoms with Gasteiger partial charge < -0.3 is 16.0 Å². The fourth-order valence-electron chi connectivity index (χ4n) is 2.09. The Morgan fingerprint density at radius 1 is 1.09 bits per heavy atom. The zero-order valence-corrected chi connectivity index (χ0v) is 13.9. The van der Waals surface area contributed by atoms with E-state index in [4.69, 9.17) is 0 Å². The Balaban J connectivity index is 1.62. The van der Waals surface area contributed by atoms with Crippen LogP contribution in [0.3, 0.4) is 0 Å². The van der Waals surface area contributed by atoms with Gasteiger partial charge in [-0.2, -0.15) is 0 Å². The first-order chi connectivity index (χ1) is 10.6. The maximum atomic E-state index is 11.7. The highest BCUT2D eigenvalue weighted by molar-refractivity contribution is 9.10. The van der Waals surface area contributed by atoms with E-state index in [0.717, 1.165) is 34.4 Å². The number of amides is 2. The van der Waals surface area contributed by atoms with Crippen molar-refractivity contribution in [3.8, 4) is 0 Å². The van der Waals surface area contributed by atoms with Crippen molar-refractivity contribution in [2.45, 2.75) is 25.8 Å². The van der Waals surface area contributed by atoms with Gasteiger partial charge in [-0.15, -0.1) is 0 Å². The third kappa shape index (κ3) is 4.01. The Kier molecular flexibility index (Phi) is 4.34. The number of carbonyl (C=O) groups is 1. The van der Waals surface area contributed by atoms with Crippen LogP contribution in [0.25, 0.3) is 0 Å². The van der Waals surface area contributed by atoms with Gasteiger partial charge in [0.1, 0.15) is 0 Å². The summed E-state index contributed by atoms with van der Waals surface area (Å²) >= 11 is 3.55. The Morgan fingerprint density at radius 3 is 2.41 bits per heavy atom. The van der Waals surface area contributed by atoms with Crippen molar-refractivity contribution >= 4 is 39.0 Å². The maximum absolute atomic E-state index is 11.7. The van der Waals surface area contributed by atoms with Crippen LogP contribution in [-0.2, 0) is 0 Å². The lowest BCUT2D eigenvalue weighted by molar-refractivity contribution is 0.251.